The van der Waals surface area contributed by atoms with E-state index in [4.69, 9.17) is 22.6 Å². The summed E-state index contributed by atoms with van der Waals surface area (Å²) < 4.78 is 0. The molecule has 0 heterocycles. The molecule has 0 bridgehead atoms. The average molecular weight is 278 g/mol. The van der Waals surface area contributed by atoms with Crippen LogP contribution in [0.2, 0.25) is 5.02 Å². The Balaban J connectivity index is 2.04. The maximum atomic E-state index is 12.1. The van der Waals surface area contributed by atoms with Crippen LogP contribution in [0.3, 0.4) is 0 Å². The summed E-state index contributed by atoms with van der Waals surface area (Å²) in [5.74, 6) is -0.0636. The highest BCUT2D eigenvalue weighted by molar-refractivity contribution is 6.31. The third-order valence-corrected chi connectivity index (χ3v) is 3.77. The van der Waals surface area contributed by atoms with Gasteiger partial charge < -0.3 is 11.1 Å². The molecule has 3 N–H and O–H groups in total. The molecule has 0 aromatic heterocycles. The third-order valence-electron chi connectivity index (χ3n) is 3.44. The molecule has 0 radical (unpaired) electrons. The summed E-state index contributed by atoms with van der Waals surface area (Å²) in [7, 11) is 0. The monoisotopic (exact) mass is 277 g/mol. The molecule has 2 unspecified atom stereocenters. The second-order valence-electron chi connectivity index (χ2n) is 4.92. The van der Waals surface area contributed by atoms with Gasteiger partial charge in [0.25, 0.3) is 0 Å². The molecule has 2 atom stereocenters. The number of nitrogens with two attached hydrogens (primary N) is 1. The zero-order chi connectivity index (χ0) is 13.8. The van der Waals surface area contributed by atoms with Crippen LogP contribution in [0.1, 0.15) is 31.2 Å². The van der Waals surface area contributed by atoms with Crippen molar-refractivity contribution in [2.45, 2.75) is 31.7 Å². The standard InChI is InChI=1S/C14H16ClN3O/c15-13-5-4-12(7-10(13)8-16)18-14(19)9-2-1-3-11(17)6-9/h4-5,7,9,11H,1-3,6,17H2,(H,18,19). The summed E-state index contributed by atoms with van der Waals surface area (Å²) >= 11 is 5.85. The molecule has 0 spiro atoms. The maximum Gasteiger partial charge on any atom is 0.227 e. The van der Waals surface area contributed by atoms with Crippen molar-refractivity contribution in [3.8, 4) is 6.07 Å². The molecule has 0 saturated heterocycles. The van der Waals surface area contributed by atoms with Gasteiger partial charge in [-0.25, -0.2) is 0 Å². The van der Waals surface area contributed by atoms with Crippen molar-refractivity contribution >= 4 is 23.2 Å². The minimum atomic E-state index is -0.0371. The Morgan fingerprint density at radius 2 is 2.26 bits per heavy atom. The number of nitrogens with zero attached hydrogens (tertiary/aromatic N) is 1. The van der Waals surface area contributed by atoms with Crippen LogP contribution in [0.15, 0.2) is 18.2 Å². The predicted octanol–water partition coefficient (Wildman–Crippen LogP) is 2.67. The molecule has 19 heavy (non-hydrogen) atoms. The Morgan fingerprint density at radius 3 is 2.95 bits per heavy atom. The first kappa shape index (κ1) is 13.9. The van der Waals surface area contributed by atoms with Crippen LogP contribution < -0.4 is 11.1 Å². The van der Waals surface area contributed by atoms with E-state index in [2.05, 4.69) is 5.32 Å². The molecule has 1 fully saturated rings. The molecule has 1 aliphatic rings. The lowest BCUT2D eigenvalue weighted by Gasteiger charge is -2.25. The molecule has 4 nitrogen and oxygen atoms in total. The average Bonchev–Trinajstić information content (AvgIpc) is 2.41. The maximum absolute atomic E-state index is 12.1. The van der Waals surface area contributed by atoms with Gasteiger partial charge in [0.1, 0.15) is 6.07 Å². The van der Waals surface area contributed by atoms with E-state index < -0.39 is 0 Å². The van der Waals surface area contributed by atoms with Gasteiger partial charge in [-0.3, -0.25) is 4.79 Å². The zero-order valence-corrected chi connectivity index (χ0v) is 11.3. The molecular formula is C14H16ClN3O. The zero-order valence-electron chi connectivity index (χ0n) is 10.5. The number of nitriles is 1. The van der Waals surface area contributed by atoms with E-state index in [1.807, 2.05) is 6.07 Å². The van der Waals surface area contributed by atoms with Crippen LogP contribution in [0.5, 0.6) is 0 Å². The largest absolute Gasteiger partial charge is 0.328 e. The number of rotatable bonds is 2. The van der Waals surface area contributed by atoms with Crippen molar-refractivity contribution in [3.63, 3.8) is 0 Å². The van der Waals surface area contributed by atoms with Crippen LogP contribution in [-0.4, -0.2) is 11.9 Å². The third kappa shape index (κ3) is 3.46. The molecular weight excluding hydrogens is 262 g/mol. The van der Waals surface area contributed by atoms with E-state index in [1.54, 1.807) is 18.2 Å². The molecule has 1 aliphatic carbocycles. The van der Waals surface area contributed by atoms with Crippen LogP contribution in [0.25, 0.3) is 0 Å². The second-order valence-corrected chi connectivity index (χ2v) is 5.33. The molecule has 1 aromatic rings. The first-order valence-corrected chi connectivity index (χ1v) is 6.74. The summed E-state index contributed by atoms with van der Waals surface area (Å²) in [6.07, 6.45) is 3.58. The van der Waals surface area contributed by atoms with Gasteiger partial charge >= 0.3 is 0 Å². The van der Waals surface area contributed by atoms with Gasteiger partial charge in [0.15, 0.2) is 0 Å². The number of hydrogen-bond acceptors (Lipinski definition) is 3. The van der Waals surface area contributed by atoms with E-state index in [1.165, 1.54) is 0 Å². The van der Waals surface area contributed by atoms with Gasteiger partial charge in [0.05, 0.1) is 10.6 Å². The number of halogens is 1. The highest BCUT2D eigenvalue weighted by Gasteiger charge is 2.25. The van der Waals surface area contributed by atoms with Crippen molar-refractivity contribution in [2.24, 2.45) is 11.7 Å². The Hall–Kier alpha value is -1.57. The second kappa shape index (κ2) is 6.05. The van der Waals surface area contributed by atoms with Gasteiger partial charge in [-0.15, -0.1) is 0 Å². The van der Waals surface area contributed by atoms with Gasteiger partial charge in [0.2, 0.25) is 5.91 Å². The van der Waals surface area contributed by atoms with Gasteiger partial charge in [-0.2, -0.15) is 5.26 Å². The molecule has 1 saturated carbocycles. The van der Waals surface area contributed by atoms with Crippen molar-refractivity contribution in [1.82, 2.24) is 0 Å². The highest BCUT2D eigenvalue weighted by Crippen LogP contribution is 2.25. The summed E-state index contributed by atoms with van der Waals surface area (Å²) in [6, 6.07) is 7.01. The quantitative estimate of drug-likeness (QED) is 0.872. The fraction of sp³-hybridized carbons (Fsp3) is 0.429. The van der Waals surface area contributed by atoms with Gasteiger partial charge in [-0.05, 0) is 37.5 Å². The smallest absolute Gasteiger partial charge is 0.227 e. The Morgan fingerprint density at radius 1 is 1.47 bits per heavy atom. The fourth-order valence-electron chi connectivity index (χ4n) is 2.40. The Kier molecular flexibility index (Phi) is 4.41. The van der Waals surface area contributed by atoms with Gasteiger partial charge in [-0.1, -0.05) is 18.0 Å². The van der Waals surface area contributed by atoms with Crippen molar-refractivity contribution < 1.29 is 4.79 Å². The minimum absolute atomic E-state index is 0.0265. The van der Waals surface area contributed by atoms with E-state index in [0.717, 1.165) is 25.7 Å². The van der Waals surface area contributed by atoms with Crippen molar-refractivity contribution in [3.05, 3.63) is 28.8 Å². The lowest BCUT2D eigenvalue weighted by atomic mass is 9.85. The number of hydrogen-bond donors (Lipinski definition) is 2. The first-order chi connectivity index (χ1) is 9.10. The van der Waals surface area contributed by atoms with Crippen molar-refractivity contribution in [2.75, 3.05) is 5.32 Å². The lowest BCUT2D eigenvalue weighted by Crippen LogP contribution is -2.34. The Bertz CT molecular complexity index is 524. The molecule has 100 valence electrons. The number of benzene rings is 1. The number of carbonyl (C=O) groups excluding carboxylic acids is 1. The number of anilines is 1. The van der Waals surface area contributed by atoms with Crippen LogP contribution >= 0.6 is 11.6 Å². The topological polar surface area (TPSA) is 78.9 Å². The van der Waals surface area contributed by atoms with Gasteiger partial charge in [0, 0.05) is 17.6 Å². The van der Waals surface area contributed by atoms with Crippen LogP contribution in [0, 0.1) is 17.2 Å². The molecule has 2 rings (SSSR count). The van der Waals surface area contributed by atoms with Crippen LogP contribution in [0.4, 0.5) is 5.69 Å². The normalized spacial score (nSPS) is 22.6. The Labute approximate surface area is 117 Å². The van der Waals surface area contributed by atoms with Crippen LogP contribution in [-0.2, 0) is 4.79 Å². The van der Waals surface area contributed by atoms with E-state index in [0.29, 0.717) is 16.3 Å². The molecule has 1 aromatic carbocycles. The fourth-order valence-corrected chi connectivity index (χ4v) is 2.56. The van der Waals surface area contributed by atoms with E-state index >= 15 is 0 Å². The minimum Gasteiger partial charge on any atom is -0.328 e. The van der Waals surface area contributed by atoms with E-state index in [-0.39, 0.29) is 17.9 Å². The lowest BCUT2D eigenvalue weighted by molar-refractivity contribution is -0.120. The summed E-state index contributed by atoms with van der Waals surface area (Å²) in [4.78, 5) is 12.1. The number of amides is 1. The molecule has 0 aliphatic heterocycles. The number of nitrogens with one attached hydrogen (secondary N) is 1. The first-order valence-electron chi connectivity index (χ1n) is 6.36. The summed E-state index contributed by atoms with van der Waals surface area (Å²) in [6.45, 7) is 0. The summed E-state index contributed by atoms with van der Waals surface area (Å²) in [5, 5.41) is 12.1. The molecule has 1 amide bonds. The number of carbonyl (C=O) groups is 1. The summed E-state index contributed by atoms with van der Waals surface area (Å²) in [5.41, 5.74) is 6.84. The predicted molar refractivity (Wildman–Crippen MR) is 74.7 cm³/mol. The van der Waals surface area contributed by atoms with E-state index in [9.17, 15) is 4.79 Å². The van der Waals surface area contributed by atoms with Crippen molar-refractivity contribution in [1.29, 1.82) is 5.26 Å². The highest BCUT2D eigenvalue weighted by atomic mass is 35.5. The SMILES string of the molecule is N#Cc1cc(NC(=O)C2CCCC(N)C2)ccc1Cl. The molecule has 5 heteroatoms.